The molecule has 1 rings (SSSR count). The second-order valence-electron chi connectivity index (χ2n) is 3.42. The van der Waals surface area contributed by atoms with Crippen LogP contribution in [0.5, 0.6) is 0 Å². The molecule has 0 aliphatic heterocycles. The van der Waals surface area contributed by atoms with E-state index in [2.05, 4.69) is 0 Å². The summed E-state index contributed by atoms with van der Waals surface area (Å²) in [6.07, 6.45) is 0. The molecule has 0 amide bonds. The Bertz CT molecular complexity index is 281. The highest BCUT2D eigenvalue weighted by molar-refractivity contribution is 6.18. The summed E-state index contributed by atoms with van der Waals surface area (Å²) < 4.78 is 10.9. The molecule has 1 aromatic carbocycles. The monoisotopic (exact) mass is 223 g/mol. The van der Waals surface area contributed by atoms with Gasteiger partial charge in [-0.1, -0.05) is 30.3 Å². The second-order valence-corrected chi connectivity index (χ2v) is 4.08. The normalized spacial score (nSPS) is 14.9. The summed E-state index contributed by atoms with van der Waals surface area (Å²) in [7, 11) is 0.0360. The van der Waals surface area contributed by atoms with Gasteiger partial charge >= 0.3 is 10.0 Å². The molecule has 15 heavy (non-hydrogen) atoms. The van der Waals surface area contributed by atoms with E-state index in [9.17, 15) is 0 Å². The SMILES string of the molecule is CCO[Si]OC(C)(CN)c1ccccc1. The van der Waals surface area contributed by atoms with E-state index in [4.69, 9.17) is 14.6 Å². The average molecular weight is 223 g/mol. The van der Waals surface area contributed by atoms with Crippen LogP contribution >= 0.6 is 0 Å². The van der Waals surface area contributed by atoms with Crippen LogP contribution in [0.3, 0.4) is 0 Å². The van der Waals surface area contributed by atoms with Crippen LogP contribution in [0.25, 0.3) is 0 Å². The number of benzene rings is 1. The molecule has 0 saturated carbocycles. The third-order valence-corrected chi connectivity index (χ3v) is 3.18. The van der Waals surface area contributed by atoms with Crippen molar-refractivity contribution in [2.45, 2.75) is 19.4 Å². The predicted molar refractivity (Wildman–Crippen MR) is 61.3 cm³/mol. The molecular formula is C11H17NO2Si. The minimum absolute atomic E-state index is 0.0360. The molecule has 82 valence electrons. The fourth-order valence-electron chi connectivity index (χ4n) is 1.19. The Labute approximate surface area is 93.6 Å². The van der Waals surface area contributed by atoms with Crippen molar-refractivity contribution in [1.29, 1.82) is 0 Å². The molecule has 1 aromatic rings. The zero-order chi connectivity index (χ0) is 11.1. The van der Waals surface area contributed by atoms with Gasteiger partial charge in [0.25, 0.3) is 0 Å². The van der Waals surface area contributed by atoms with Crippen molar-refractivity contribution in [2.75, 3.05) is 13.2 Å². The molecule has 2 N–H and O–H groups in total. The predicted octanol–water partition coefficient (Wildman–Crippen LogP) is 1.45. The molecule has 0 heterocycles. The van der Waals surface area contributed by atoms with Gasteiger partial charge < -0.3 is 14.6 Å². The van der Waals surface area contributed by atoms with E-state index in [0.29, 0.717) is 13.2 Å². The van der Waals surface area contributed by atoms with Crippen molar-refractivity contribution in [3.05, 3.63) is 35.9 Å². The van der Waals surface area contributed by atoms with E-state index in [1.165, 1.54) is 0 Å². The van der Waals surface area contributed by atoms with Crippen molar-refractivity contribution in [1.82, 2.24) is 0 Å². The van der Waals surface area contributed by atoms with Crippen molar-refractivity contribution >= 4 is 10.0 Å². The average Bonchev–Trinajstić information content (AvgIpc) is 2.30. The Kier molecular flexibility index (Phi) is 4.97. The van der Waals surface area contributed by atoms with Gasteiger partial charge in [-0.2, -0.15) is 0 Å². The third kappa shape index (κ3) is 3.42. The molecular weight excluding hydrogens is 206 g/mol. The quantitative estimate of drug-likeness (QED) is 0.586. The Morgan fingerprint density at radius 1 is 1.33 bits per heavy atom. The van der Waals surface area contributed by atoms with Crippen molar-refractivity contribution in [3.8, 4) is 0 Å². The molecule has 0 saturated heterocycles. The maximum atomic E-state index is 5.75. The van der Waals surface area contributed by atoms with Gasteiger partial charge in [-0.05, 0) is 19.4 Å². The van der Waals surface area contributed by atoms with Crippen LogP contribution in [0, 0.1) is 0 Å². The van der Waals surface area contributed by atoms with Crippen LogP contribution in [-0.4, -0.2) is 23.2 Å². The fourth-order valence-corrected chi connectivity index (χ4v) is 1.75. The molecule has 0 spiro atoms. The summed E-state index contributed by atoms with van der Waals surface area (Å²) in [6, 6.07) is 9.98. The topological polar surface area (TPSA) is 44.5 Å². The Morgan fingerprint density at radius 2 is 2.00 bits per heavy atom. The van der Waals surface area contributed by atoms with Gasteiger partial charge in [-0.25, -0.2) is 0 Å². The van der Waals surface area contributed by atoms with E-state index >= 15 is 0 Å². The van der Waals surface area contributed by atoms with Crippen molar-refractivity contribution in [3.63, 3.8) is 0 Å². The minimum Gasteiger partial charge on any atom is -0.393 e. The van der Waals surface area contributed by atoms with Gasteiger partial charge in [-0.3, -0.25) is 0 Å². The fraction of sp³-hybridized carbons (Fsp3) is 0.455. The largest absolute Gasteiger partial charge is 0.434 e. The molecule has 3 nitrogen and oxygen atoms in total. The summed E-state index contributed by atoms with van der Waals surface area (Å²) in [4.78, 5) is 0. The molecule has 4 heteroatoms. The Morgan fingerprint density at radius 3 is 2.53 bits per heavy atom. The molecule has 2 radical (unpaired) electrons. The van der Waals surface area contributed by atoms with E-state index in [1.54, 1.807) is 0 Å². The van der Waals surface area contributed by atoms with Gasteiger partial charge in [0.1, 0.15) is 0 Å². The second kappa shape index (κ2) is 6.02. The van der Waals surface area contributed by atoms with Crippen LogP contribution in [0.15, 0.2) is 30.3 Å². The Hall–Kier alpha value is -0.683. The first-order valence-electron chi connectivity index (χ1n) is 5.03. The number of nitrogens with two attached hydrogens (primary N) is 1. The zero-order valence-corrected chi connectivity index (χ0v) is 10.2. The molecule has 0 aromatic heterocycles. The van der Waals surface area contributed by atoms with Crippen LogP contribution < -0.4 is 5.73 Å². The smallest absolute Gasteiger partial charge is 0.393 e. The molecule has 0 aliphatic carbocycles. The first-order valence-corrected chi connectivity index (χ1v) is 5.85. The van der Waals surface area contributed by atoms with Gasteiger partial charge in [0.05, 0.1) is 5.60 Å². The molecule has 0 bridgehead atoms. The van der Waals surface area contributed by atoms with Gasteiger partial charge in [0.2, 0.25) is 0 Å². The third-order valence-electron chi connectivity index (χ3n) is 2.24. The number of hydrogen-bond acceptors (Lipinski definition) is 3. The number of rotatable bonds is 6. The lowest BCUT2D eigenvalue weighted by Crippen LogP contribution is -2.36. The van der Waals surface area contributed by atoms with Crippen LogP contribution in [0.4, 0.5) is 0 Å². The lowest BCUT2D eigenvalue weighted by atomic mass is 9.97. The lowest BCUT2D eigenvalue weighted by molar-refractivity contribution is 0.0711. The van der Waals surface area contributed by atoms with Crippen LogP contribution in [-0.2, 0) is 14.5 Å². The van der Waals surface area contributed by atoms with Crippen LogP contribution in [0.2, 0.25) is 0 Å². The van der Waals surface area contributed by atoms with E-state index < -0.39 is 5.60 Å². The molecule has 0 fully saturated rings. The summed E-state index contributed by atoms with van der Waals surface area (Å²) in [6.45, 7) is 5.03. The highest BCUT2D eigenvalue weighted by atomic mass is 28.3. The molecule has 0 aliphatic rings. The highest BCUT2D eigenvalue weighted by Gasteiger charge is 2.25. The highest BCUT2D eigenvalue weighted by Crippen LogP contribution is 2.23. The van der Waals surface area contributed by atoms with Gasteiger partial charge in [-0.15, -0.1) is 0 Å². The van der Waals surface area contributed by atoms with Gasteiger partial charge in [0.15, 0.2) is 0 Å². The first-order chi connectivity index (χ1) is 7.23. The first kappa shape index (κ1) is 12.4. The standard InChI is InChI=1S/C11H17NO2Si/c1-3-13-15-14-11(2,9-12)10-7-5-4-6-8-10/h4-8H,3,9,12H2,1-2H3. The minimum atomic E-state index is -0.450. The summed E-state index contributed by atoms with van der Waals surface area (Å²) in [5.74, 6) is 0. The van der Waals surface area contributed by atoms with E-state index in [0.717, 1.165) is 5.56 Å². The van der Waals surface area contributed by atoms with Crippen molar-refractivity contribution in [2.24, 2.45) is 5.73 Å². The molecule has 1 unspecified atom stereocenters. The van der Waals surface area contributed by atoms with Crippen molar-refractivity contribution < 1.29 is 8.85 Å². The van der Waals surface area contributed by atoms with E-state index in [-0.39, 0.29) is 10.0 Å². The maximum absolute atomic E-state index is 5.75. The maximum Gasteiger partial charge on any atom is 0.434 e. The lowest BCUT2D eigenvalue weighted by Gasteiger charge is -2.28. The van der Waals surface area contributed by atoms with Gasteiger partial charge in [0, 0.05) is 13.2 Å². The Balaban J connectivity index is 2.67. The molecule has 1 atom stereocenters. The zero-order valence-electron chi connectivity index (χ0n) is 9.19. The van der Waals surface area contributed by atoms with E-state index in [1.807, 2.05) is 44.2 Å². The van der Waals surface area contributed by atoms with Crippen LogP contribution in [0.1, 0.15) is 19.4 Å². The summed E-state index contributed by atoms with van der Waals surface area (Å²) >= 11 is 0. The number of hydrogen-bond donors (Lipinski definition) is 1. The summed E-state index contributed by atoms with van der Waals surface area (Å²) in [5.41, 5.74) is 6.38. The summed E-state index contributed by atoms with van der Waals surface area (Å²) in [5, 5.41) is 0.